The van der Waals surface area contributed by atoms with E-state index in [1.54, 1.807) is 0 Å². The minimum Gasteiger partial charge on any atom is -0.463 e. The summed E-state index contributed by atoms with van der Waals surface area (Å²) in [6, 6.07) is 32.0. The second-order valence-corrected chi connectivity index (χ2v) is 10.9. The van der Waals surface area contributed by atoms with Crippen LogP contribution in [0.2, 0.25) is 0 Å². The number of imidazole rings is 1. The number of para-hydroxylation sites is 2. The van der Waals surface area contributed by atoms with Gasteiger partial charge in [0.2, 0.25) is 11.5 Å². The molecule has 0 bridgehead atoms. The minimum atomic E-state index is -1.27. The zero-order chi connectivity index (χ0) is 29.6. The number of amides is 2. The second kappa shape index (κ2) is 12.7. The van der Waals surface area contributed by atoms with E-state index < -0.39 is 6.09 Å². The number of hydrogen-bond donors (Lipinski definition) is 2. The molecule has 0 spiro atoms. The zero-order valence-corrected chi connectivity index (χ0v) is 24.2. The van der Waals surface area contributed by atoms with E-state index in [0.717, 1.165) is 44.4 Å². The van der Waals surface area contributed by atoms with E-state index in [2.05, 4.69) is 34.6 Å². The van der Waals surface area contributed by atoms with Gasteiger partial charge in [-0.25, -0.2) is 4.79 Å². The smallest absolute Gasteiger partial charge is 0.434 e. The van der Waals surface area contributed by atoms with Crippen LogP contribution < -0.4 is 10.9 Å². The lowest BCUT2D eigenvalue weighted by Gasteiger charge is -2.21. The van der Waals surface area contributed by atoms with Crippen LogP contribution in [0.25, 0.3) is 11.0 Å². The standard InChI is InChI=1S/C35H36N4O3/c1-24-8-14-27(15-9-24)20-30(22-36-33(40)21-28-16-10-25(2)11-17-28)39-32-7-5-4-6-31(32)38(34(39)37-35(41)42)23-29-18-12-26(3)13-19-29/h4-19,30H,20-23H2,1-3H3,(H,36,40)(H,41,42). The van der Waals surface area contributed by atoms with Crippen LogP contribution in [0, 0.1) is 20.8 Å². The molecule has 4 aromatic carbocycles. The third-order valence-corrected chi connectivity index (χ3v) is 7.52. The van der Waals surface area contributed by atoms with Gasteiger partial charge in [0.15, 0.2) is 0 Å². The van der Waals surface area contributed by atoms with Crippen molar-refractivity contribution in [2.24, 2.45) is 4.99 Å². The first-order chi connectivity index (χ1) is 20.3. The van der Waals surface area contributed by atoms with Crippen LogP contribution in [0.1, 0.15) is 39.4 Å². The van der Waals surface area contributed by atoms with Gasteiger partial charge in [0.05, 0.1) is 30.0 Å². The first kappa shape index (κ1) is 28.6. The van der Waals surface area contributed by atoms with Crippen LogP contribution in [0.4, 0.5) is 4.79 Å². The summed E-state index contributed by atoms with van der Waals surface area (Å²) >= 11 is 0. The average Bonchev–Trinajstić information content (AvgIpc) is 3.26. The van der Waals surface area contributed by atoms with E-state index in [0.29, 0.717) is 25.1 Å². The number of nitrogens with one attached hydrogen (secondary N) is 1. The summed E-state index contributed by atoms with van der Waals surface area (Å²) < 4.78 is 3.92. The van der Waals surface area contributed by atoms with E-state index in [-0.39, 0.29) is 18.4 Å². The Balaban J connectivity index is 1.58. The first-order valence-corrected chi connectivity index (χ1v) is 14.2. The third kappa shape index (κ3) is 6.86. The Kier molecular flexibility index (Phi) is 8.67. The Hall–Kier alpha value is -4.91. The maximum absolute atomic E-state index is 13.1. The predicted molar refractivity (Wildman–Crippen MR) is 166 cm³/mol. The Morgan fingerprint density at radius 2 is 1.26 bits per heavy atom. The predicted octanol–water partition coefficient (Wildman–Crippen LogP) is 6.14. The van der Waals surface area contributed by atoms with Gasteiger partial charge >= 0.3 is 6.09 Å². The van der Waals surface area contributed by atoms with Crippen LogP contribution in [-0.4, -0.2) is 32.8 Å². The molecule has 42 heavy (non-hydrogen) atoms. The van der Waals surface area contributed by atoms with Gasteiger partial charge in [-0.2, -0.15) is 0 Å². The van der Waals surface area contributed by atoms with Crippen molar-refractivity contribution in [2.45, 2.75) is 46.2 Å². The lowest BCUT2D eigenvalue weighted by Crippen LogP contribution is -2.38. The quantitative estimate of drug-likeness (QED) is 0.227. The molecule has 0 saturated heterocycles. The molecule has 2 N–H and O–H groups in total. The minimum absolute atomic E-state index is 0.0894. The highest BCUT2D eigenvalue weighted by molar-refractivity contribution is 5.79. The van der Waals surface area contributed by atoms with Crippen molar-refractivity contribution in [3.8, 4) is 0 Å². The summed E-state index contributed by atoms with van der Waals surface area (Å²) in [4.78, 5) is 29.3. The number of benzene rings is 4. The van der Waals surface area contributed by atoms with Crippen molar-refractivity contribution < 1.29 is 14.7 Å². The fraction of sp³-hybridized carbons (Fsp3) is 0.229. The molecule has 1 aromatic heterocycles. The summed E-state index contributed by atoms with van der Waals surface area (Å²) in [6.45, 7) is 6.87. The van der Waals surface area contributed by atoms with Gasteiger partial charge in [-0.1, -0.05) is 102 Å². The lowest BCUT2D eigenvalue weighted by atomic mass is 10.0. The summed E-state index contributed by atoms with van der Waals surface area (Å²) in [7, 11) is 0. The fourth-order valence-corrected chi connectivity index (χ4v) is 5.27. The highest BCUT2D eigenvalue weighted by atomic mass is 16.4. The van der Waals surface area contributed by atoms with Gasteiger partial charge in [0.1, 0.15) is 0 Å². The van der Waals surface area contributed by atoms with E-state index >= 15 is 0 Å². The van der Waals surface area contributed by atoms with Gasteiger partial charge in [-0.15, -0.1) is 4.99 Å². The van der Waals surface area contributed by atoms with Crippen LogP contribution in [-0.2, 0) is 24.2 Å². The van der Waals surface area contributed by atoms with Crippen LogP contribution in [0.3, 0.4) is 0 Å². The highest BCUT2D eigenvalue weighted by Gasteiger charge is 2.22. The van der Waals surface area contributed by atoms with Crippen LogP contribution in [0.5, 0.6) is 0 Å². The molecule has 0 saturated carbocycles. The normalized spacial score (nSPS) is 12.4. The first-order valence-electron chi connectivity index (χ1n) is 14.2. The van der Waals surface area contributed by atoms with Crippen molar-refractivity contribution in [3.63, 3.8) is 0 Å². The highest BCUT2D eigenvalue weighted by Crippen LogP contribution is 2.22. The molecule has 7 heteroatoms. The summed E-state index contributed by atoms with van der Waals surface area (Å²) in [5, 5.41) is 13.0. The maximum Gasteiger partial charge on any atom is 0.434 e. The van der Waals surface area contributed by atoms with E-state index in [1.807, 2.05) is 103 Å². The number of nitrogens with zero attached hydrogens (tertiary/aromatic N) is 3. The van der Waals surface area contributed by atoms with Crippen LogP contribution in [0.15, 0.2) is 102 Å². The fourth-order valence-electron chi connectivity index (χ4n) is 5.27. The van der Waals surface area contributed by atoms with Crippen LogP contribution >= 0.6 is 0 Å². The Morgan fingerprint density at radius 3 is 1.83 bits per heavy atom. The molecule has 0 aliphatic heterocycles. The number of carboxylic acid groups (broad SMARTS) is 1. The number of hydrogen-bond acceptors (Lipinski definition) is 2. The number of aryl methyl sites for hydroxylation is 3. The molecule has 0 aliphatic carbocycles. The Bertz CT molecular complexity index is 1760. The van der Waals surface area contributed by atoms with E-state index in [9.17, 15) is 14.7 Å². The summed E-state index contributed by atoms with van der Waals surface area (Å²) in [5.74, 6) is -0.0894. The largest absolute Gasteiger partial charge is 0.463 e. The molecule has 214 valence electrons. The lowest BCUT2D eigenvalue weighted by molar-refractivity contribution is -0.120. The van der Waals surface area contributed by atoms with E-state index in [1.165, 1.54) is 0 Å². The van der Waals surface area contributed by atoms with Crippen molar-refractivity contribution in [1.82, 2.24) is 14.5 Å². The molecule has 0 radical (unpaired) electrons. The van der Waals surface area contributed by atoms with Gasteiger partial charge in [0.25, 0.3) is 0 Å². The number of carbonyl (C=O) groups is 2. The molecular weight excluding hydrogens is 524 g/mol. The molecule has 0 aliphatic rings. The molecule has 0 fully saturated rings. The number of carbonyl (C=O) groups excluding carboxylic acids is 1. The Morgan fingerprint density at radius 1 is 0.738 bits per heavy atom. The van der Waals surface area contributed by atoms with Gasteiger partial charge in [0, 0.05) is 6.54 Å². The SMILES string of the molecule is Cc1ccc(CC(=O)NCC(Cc2ccc(C)cc2)n2c(=NC(=O)O)n(Cc3ccc(C)cc3)c3ccccc32)cc1. The van der Waals surface area contributed by atoms with Crippen molar-refractivity contribution in [1.29, 1.82) is 0 Å². The zero-order valence-electron chi connectivity index (χ0n) is 24.2. The maximum atomic E-state index is 13.1. The summed E-state index contributed by atoms with van der Waals surface area (Å²) in [6.07, 6.45) is -0.422. The number of rotatable bonds is 9. The molecular formula is C35H36N4O3. The topological polar surface area (TPSA) is 88.6 Å². The van der Waals surface area contributed by atoms with Gasteiger partial charge < -0.3 is 19.6 Å². The summed E-state index contributed by atoms with van der Waals surface area (Å²) in [5.41, 5.74) is 8.58. The van der Waals surface area contributed by atoms with Crippen molar-refractivity contribution in [3.05, 3.63) is 136 Å². The number of fused-ring (bicyclic) bond motifs is 1. The third-order valence-electron chi connectivity index (χ3n) is 7.52. The molecule has 1 atom stereocenters. The molecule has 7 nitrogen and oxygen atoms in total. The molecule has 1 heterocycles. The monoisotopic (exact) mass is 560 g/mol. The average molecular weight is 561 g/mol. The van der Waals surface area contributed by atoms with Gasteiger partial charge in [-0.3, -0.25) is 4.79 Å². The Labute approximate surface area is 245 Å². The van der Waals surface area contributed by atoms with E-state index in [4.69, 9.17) is 0 Å². The van der Waals surface area contributed by atoms with Crippen molar-refractivity contribution in [2.75, 3.05) is 6.54 Å². The van der Waals surface area contributed by atoms with Gasteiger partial charge in [-0.05, 0) is 56.0 Å². The number of aromatic nitrogens is 2. The molecule has 2 amide bonds. The van der Waals surface area contributed by atoms with Crippen molar-refractivity contribution >= 4 is 23.0 Å². The molecule has 5 rings (SSSR count). The second-order valence-electron chi connectivity index (χ2n) is 10.9. The molecule has 5 aromatic rings. The molecule has 1 unspecified atom stereocenters.